The standard InChI is InChI=1S/C9H18O2/c1-5-9(10)8(4)11-6-7(2)3/h7-8H,5-6H2,1-4H3. The van der Waals surface area contributed by atoms with Gasteiger partial charge in [0.05, 0.1) is 0 Å². The lowest BCUT2D eigenvalue weighted by Crippen LogP contribution is -2.21. The second-order valence-corrected chi connectivity index (χ2v) is 3.19. The fraction of sp³-hybridized carbons (Fsp3) is 0.889. The fourth-order valence-corrected chi connectivity index (χ4v) is 0.717. The number of hydrogen-bond donors (Lipinski definition) is 0. The Morgan fingerprint density at radius 2 is 1.91 bits per heavy atom. The minimum absolute atomic E-state index is 0.186. The molecule has 0 aliphatic rings. The van der Waals surface area contributed by atoms with Gasteiger partial charge in [-0.2, -0.15) is 0 Å². The zero-order chi connectivity index (χ0) is 8.85. The Bertz CT molecular complexity index is 119. The van der Waals surface area contributed by atoms with Crippen molar-refractivity contribution in [1.29, 1.82) is 0 Å². The van der Waals surface area contributed by atoms with Gasteiger partial charge < -0.3 is 4.74 Å². The van der Waals surface area contributed by atoms with Crippen LogP contribution in [0.5, 0.6) is 0 Å². The van der Waals surface area contributed by atoms with Crippen LogP contribution in [0, 0.1) is 5.92 Å². The molecule has 0 aromatic rings. The molecule has 1 atom stereocenters. The Kier molecular flexibility index (Phi) is 5.12. The van der Waals surface area contributed by atoms with Gasteiger partial charge in [0.1, 0.15) is 6.10 Å². The summed E-state index contributed by atoms with van der Waals surface area (Å²) >= 11 is 0. The van der Waals surface area contributed by atoms with Gasteiger partial charge in [-0.05, 0) is 12.8 Å². The molecule has 66 valence electrons. The maximum absolute atomic E-state index is 11.0. The summed E-state index contributed by atoms with van der Waals surface area (Å²) in [7, 11) is 0. The second kappa shape index (κ2) is 5.30. The highest BCUT2D eigenvalue weighted by atomic mass is 16.5. The van der Waals surface area contributed by atoms with Crippen LogP contribution in [-0.4, -0.2) is 18.5 Å². The Morgan fingerprint density at radius 3 is 2.27 bits per heavy atom. The van der Waals surface area contributed by atoms with Crippen LogP contribution in [0.4, 0.5) is 0 Å². The molecular weight excluding hydrogens is 140 g/mol. The SMILES string of the molecule is CCC(=O)C(C)OCC(C)C. The molecule has 2 heteroatoms. The van der Waals surface area contributed by atoms with Crippen LogP contribution in [0.15, 0.2) is 0 Å². The molecule has 0 aliphatic heterocycles. The number of carbonyl (C=O) groups excluding carboxylic acids is 1. The smallest absolute Gasteiger partial charge is 0.160 e. The van der Waals surface area contributed by atoms with Gasteiger partial charge in [0.25, 0.3) is 0 Å². The molecular formula is C9H18O2. The van der Waals surface area contributed by atoms with E-state index >= 15 is 0 Å². The Labute approximate surface area is 68.9 Å². The third-order valence-corrected chi connectivity index (χ3v) is 1.48. The molecule has 0 fully saturated rings. The van der Waals surface area contributed by atoms with Crippen molar-refractivity contribution in [2.45, 2.75) is 40.2 Å². The minimum Gasteiger partial charge on any atom is -0.370 e. The van der Waals surface area contributed by atoms with Crippen LogP contribution >= 0.6 is 0 Å². The predicted octanol–water partition coefficient (Wildman–Crippen LogP) is 2.03. The molecule has 0 aromatic carbocycles. The van der Waals surface area contributed by atoms with Crippen molar-refractivity contribution in [2.24, 2.45) is 5.92 Å². The maximum Gasteiger partial charge on any atom is 0.160 e. The first kappa shape index (κ1) is 10.6. The fourth-order valence-electron chi connectivity index (χ4n) is 0.717. The van der Waals surface area contributed by atoms with E-state index in [1.165, 1.54) is 0 Å². The van der Waals surface area contributed by atoms with Crippen molar-refractivity contribution < 1.29 is 9.53 Å². The molecule has 0 radical (unpaired) electrons. The average molecular weight is 158 g/mol. The normalized spacial score (nSPS) is 13.5. The molecule has 0 heterocycles. The lowest BCUT2D eigenvalue weighted by molar-refractivity contribution is -0.129. The number of ether oxygens (including phenoxy) is 1. The van der Waals surface area contributed by atoms with E-state index in [-0.39, 0.29) is 11.9 Å². The molecule has 0 N–H and O–H groups in total. The summed E-state index contributed by atoms with van der Waals surface area (Å²) in [4.78, 5) is 11.0. The third kappa shape index (κ3) is 4.96. The number of Topliss-reactive ketones (excluding diaryl/α,β-unsaturated/α-hetero) is 1. The third-order valence-electron chi connectivity index (χ3n) is 1.48. The Morgan fingerprint density at radius 1 is 1.36 bits per heavy atom. The molecule has 0 spiro atoms. The van der Waals surface area contributed by atoms with Gasteiger partial charge in [-0.1, -0.05) is 20.8 Å². The first-order valence-corrected chi connectivity index (χ1v) is 4.22. The zero-order valence-corrected chi connectivity index (χ0v) is 7.89. The average Bonchev–Trinajstić information content (AvgIpc) is 1.98. The van der Waals surface area contributed by atoms with Crippen molar-refractivity contribution in [1.82, 2.24) is 0 Å². The maximum atomic E-state index is 11.0. The first-order chi connectivity index (χ1) is 5.07. The summed E-state index contributed by atoms with van der Waals surface area (Å²) in [6.45, 7) is 8.49. The quantitative estimate of drug-likeness (QED) is 0.612. The van der Waals surface area contributed by atoms with Gasteiger partial charge in [0.15, 0.2) is 5.78 Å². The largest absolute Gasteiger partial charge is 0.370 e. The molecule has 2 nitrogen and oxygen atoms in total. The van der Waals surface area contributed by atoms with Gasteiger partial charge in [-0.25, -0.2) is 0 Å². The van der Waals surface area contributed by atoms with Crippen molar-refractivity contribution in [3.05, 3.63) is 0 Å². The van der Waals surface area contributed by atoms with Crippen LogP contribution in [0.2, 0.25) is 0 Å². The van der Waals surface area contributed by atoms with Gasteiger partial charge >= 0.3 is 0 Å². The van der Waals surface area contributed by atoms with Crippen LogP contribution in [0.25, 0.3) is 0 Å². The van der Waals surface area contributed by atoms with Crippen molar-refractivity contribution in [2.75, 3.05) is 6.61 Å². The highest BCUT2D eigenvalue weighted by molar-refractivity contribution is 5.82. The Hall–Kier alpha value is -0.370. The van der Waals surface area contributed by atoms with E-state index in [0.29, 0.717) is 18.9 Å². The van der Waals surface area contributed by atoms with Crippen molar-refractivity contribution in [3.8, 4) is 0 Å². The molecule has 11 heavy (non-hydrogen) atoms. The van der Waals surface area contributed by atoms with E-state index in [2.05, 4.69) is 13.8 Å². The van der Waals surface area contributed by atoms with E-state index < -0.39 is 0 Å². The highest BCUT2D eigenvalue weighted by Crippen LogP contribution is 2.00. The molecule has 0 aliphatic carbocycles. The number of carbonyl (C=O) groups is 1. The molecule has 0 rings (SSSR count). The molecule has 1 unspecified atom stereocenters. The topological polar surface area (TPSA) is 26.3 Å². The number of hydrogen-bond acceptors (Lipinski definition) is 2. The second-order valence-electron chi connectivity index (χ2n) is 3.19. The summed E-state index contributed by atoms with van der Waals surface area (Å²) in [5.41, 5.74) is 0. The van der Waals surface area contributed by atoms with Gasteiger partial charge in [0, 0.05) is 13.0 Å². The molecule has 0 bridgehead atoms. The van der Waals surface area contributed by atoms with Gasteiger partial charge in [0.2, 0.25) is 0 Å². The number of ketones is 1. The van der Waals surface area contributed by atoms with E-state index in [1.807, 2.05) is 13.8 Å². The summed E-state index contributed by atoms with van der Waals surface area (Å²) in [5, 5.41) is 0. The van der Waals surface area contributed by atoms with Crippen molar-refractivity contribution in [3.63, 3.8) is 0 Å². The zero-order valence-electron chi connectivity index (χ0n) is 7.89. The molecule has 0 amide bonds. The lowest BCUT2D eigenvalue weighted by atomic mass is 10.2. The number of rotatable bonds is 5. The summed E-state index contributed by atoms with van der Waals surface area (Å²) in [5.74, 6) is 0.688. The molecule has 0 saturated heterocycles. The van der Waals surface area contributed by atoms with Crippen LogP contribution in [0.1, 0.15) is 34.1 Å². The summed E-state index contributed by atoms with van der Waals surface area (Å²) in [6.07, 6.45) is 0.349. The van der Waals surface area contributed by atoms with E-state index in [9.17, 15) is 4.79 Å². The van der Waals surface area contributed by atoms with Gasteiger partial charge in [-0.3, -0.25) is 4.79 Å². The van der Waals surface area contributed by atoms with Crippen LogP contribution < -0.4 is 0 Å². The molecule has 0 saturated carbocycles. The van der Waals surface area contributed by atoms with Crippen molar-refractivity contribution >= 4 is 5.78 Å². The van der Waals surface area contributed by atoms with Crippen LogP contribution in [0.3, 0.4) is 0 Å². The molecule has 0 aromatic heterocycles. The van der Waals surface area contributed by atoms with Crippen LogP contribution in [-0.2, 0) is 9.53 Å². The summed E-state index contributed by atoms with van der Waals surface area (Å²) < 4.78 is 5.31. The monoisotopic (exact) mass is 158 g/mol. The lowest BCUT2D eigenvalue weighted by Gasteiger charge is -2.12. The summed E-state index contributed by atoms with van der Waals surface area (Å²) in [6, 6.07) is 0. The van der Waals surface area contributed by atoms with Gasteiger partial charge in [-0.15, -0.1) is 0 Å². The van der Waals surface area contributed by atoms with E-state index in [1.54, 1.807) is 0 Å². The minimum atomic E-state index is -0.220. The van der Waals surface area contributed by atoms with E-state index in [4.69, 9.17) is 4.74 Å². The predicted molar refractivity (Wildman–Crippen MR) is 45.6 cm³/mol. The highest BCUT2D eigenvalue weighted by Gasteiger charge is 2.10. The van der Waals surface area contributed by atoms with E-state index in [0.717, 1.165) is 0 Å². The Balaban J connectivity index is 3.52. The first-order valence-electron chi connectivity index (χ1n) is 4.22.